The molecule has 0 spiro atoms. The smallest absolute Gasteiger partial charge is 0.255 e. The van der Waals surface area contributed by atoms with E-state index < -0.39 is 0 Å². The predicted molar refractivity (Wildman–Crippen MR) is 85.0 cm³/mol. The number of benzene rings is 1. The quantitative estimate of drug-likeness (QED) is 0.800. The molecule has 23 heavy (non-hydrogen) atoms. The molecule has 1 amide bonds. The van der Waals surface area contributed by atoms with Crippen molar-refractivity contribution < 1.29 is 9.21 Å². The van der Waals surface area contributed by atoms with E-state index in [2.05, 4.69) is 15.4 Å². The van der Waals surface area contributed by atoms with Gasteiger partial charge in [-0.15, -0.1) is 0 Å². The van der Waals surface area contributed by atoms with Gasteiger partial charge in [-0.1, -0.05) is 12.1 Å². The predicted octanol–water partition coefficient (Wildman–Crippen LogP) is 3.52. The van der Waals surface area contributed by atoms with E-state index >= 15 is 0 Å². The lowest BCUT2D eigenvalue weighted by Gasteiger charge is -2.25. The second-order valence-corrected chi connectivity index (χ2v) is 5.69. The highest BCUT2D eigenvalue weighted by Crippen LogP contribution is 2.31. The van der Waals surface area contributed by atoms with Crippen molar-refractivity contribution in [3.8, 4) is 11.3 Å². The first-order valence-electron chi connectivity index (χ1n) is 7.64. The molecular formula is C17H16N4O2. The fourth-order valence-electron chi connectivity index (χ4n) is 2.63. The highest BCUT2D eigenvalue weighted by atomic mass is 16.3. The normalized spacial score (nSPS) is 14.4. The zero-order chi connectivity index (χ0) is 15.6. The molecule has 0 unspecified atom stereocenters. The molecule has 6 heteroatoms. The molecule has 2 aromatic heterocycles. The number of nitrogens with one attached hydrogen (secondary N) is 1. The Balaban J connectivity index is 1.50. The van der Waals surface area contributed by atoms with E-state index in [-0.39, 0.29) is 5.91 Å². The van der Waals surface area contributed by atoms with Gasteiger partial charge in [0.25, 0.3) is 5.91 Å². The van der Waals surface area contributed by atoms with Crippen LogP contribution < -0.4 is 5.32 Å². The minimum Gasteiger partial charge on any atom is -0.444 e. The number of oxazole rings is 1. The Bertz CT molecular complexity index is 819. The van der Waals surface area contributed by atoms with E-state index in [1.54, 1.807) is 24.5 Å². The lowest BCUT2D eigenvalue weighted by atomic mass is 9.93. The third-order valence-electron chi connectivity index (χ3n) is 4.15. The van der Waals surface area contributed by atoms with E-state index in [4.69, 9.17) is 4.42 Å². The van der Waals surface area contributed by atoms with Gasteiger partial charge in [-0.3, -0.25) is 9.48 Å². The average molecular weight is 308 g/mol. The zero-order valence-corrected chi connectivity index (χ0v) is 12.5. The highest BCUT2D eigenvalue weighted by molar-refractivity contribution is 6.04. The number of nitrogens with zero attached hydrogens (tertiary/aromatic N) is 3. The molecule has 0 bridgehead atoms. The summed E-state index contributed by atoms with van der Waals surface area (Å²) in [4.78, 5) is 16.3. The highest BCUT2D eigenvalue weighted by Gasteiger charge is 2.20. The monoisotopic (exact) mass is 308 g/mol. The van der Waals surface area contributed by atoms with Crippen LogP contribution in [0.25, 0.3) is 11.3 Å². The van der Waals surface area contributed by atoms with Crippen molar-refractivity contribution in [2.45, 2.75) is 25.3 Å². The summed E-state index contributed by atoms with van der Waals surface area (Å²) in [5.74, 6) is 0.469. The Labute approximate surface area is 133 Å². The fourth-order valence-corrected chi connectivity index (χ4v) is 2.63. The molecule has 1 aliphatic carbocycles. The number of amides is 1. The van der Waals surface area contributed by atoms with Crippen LogP contribution in [0.3, 0.4) is 0 Å². The summed E-state index contributed by atoms with van der Waals surface area (Å²) < 4.78 is 7.20. The molecule has 1 aromatic carbocycles. The van der Waals surface area contributed by atoms with E-state index in [1.807, 2.05) is 23.0 Å². The van der Waals surface area contributed by atoms with Crippen LogP contribution in [0.15, 0.2) is 53.7 Å². The number of carbonyl (C=O) groups excluding carboxylic acids is 1. The Morgan fingerprint density at radius 1 is 1.30 bits per heavy atom. The summed E-state index contributed by atoms with van der Waals surface area (Å²) in [5, 5.41) is 7.21. The third-order valence-corrected chi connectivity index (χ3v) is 4.15. The maximum atomic E-state index is 12.4. The SMILES string of the molecule is O=C(Nc1cnn(C2CCC2)c1)c1cccc(-c2cnco2)c1. The van der Waals surface area contributed by atoms with Crippen LogP contribution in [-0.2, 0) is 0 Å². The van der Waals surface area contributed by atoms with Crippen molar-refractivity contribution >= 4 is 11.6 Å². The molecule has 2 heterocycles. The molecule has 116 valence electrons. The summed E-state index contributed by atoms with van der Waals surface area (Å²) in [5.41, 5.74) is 2.10. The summed E-state index contributed by atoms with van der Waals surface area (Å²) in [6.45, 7) is 0. The van der Waals surface area contributed by atoms with Crippen LogP contribution >= 0.6 is 0 Å². The first kappa shape index (κ1) is 13.8. The van der Waals surface area contributed by atoms with Gasteiger partial charge < -0.3 is 9.73 Å². The van der Waals surface area contributed by atoms with Crippen LogP contribution in [0, 0.1) is 0 Å². The maximum absolute atomic E-state index is 12.4. The average Bonchev–Trinajstić information content (AvgIpc) is 3.18. The van der Waals surface area contributed by atoms with Gasteiger partial charge in [0.2, 0.25) is 0 Å². The van der Waals surface area contributed by atoms with Crippen LogP contribution in [-0.4, -0.2) is 20.7 Å². The van der Waals surface area contributed by atoms with Gasteiger partial charge in [-0.25, -0.2) is 4.98 Å². The topological polar surface area (TPSA) is 73.0 Å². The maximum Gasteiger partial charge on any atom is 0.255 e. The Morgan fingerprint density at radius 3 is 2.96 bits per heavy atom. The van der Waals surface area contributed by atoms with Crippen molar-refractivity contribution in [3.05, 3.63) is 54.8 Å². The van der Waals surface area contributed by atoms with E-state index in [0.717, 1.165) is 18.4 Å². The van der Waals surface area contributed by atoms with Gasteiger partial charge >= 0.3 is 0 Å². The van der Waals surface area contributed by atoms with Crippen LogP contribution in [0.2, 0.25) is 0 Å². The second kappa shape index (κ2) is 5.72. The van der Waals surface area contributed by atoms with Crippen molar-refractivity contribution in [1.82, 2.24) is 14.8 Å². The van der Waals surface area contributed by atoms with Crippen LogP contribution in [0.1, 0.15) is 35.7 Å². The Kier molecular flexibility index (Phi) is 3.42. The first-order chi connectivity index (χ1) is 11.3. The number of carbonyl (C=O) groups is 1. The fraction of sp³-hybridized carbons (Fsp3) is 0.235. The molecule has 0 aliphatic heterocycles. The summed E-state index contributed by atoms with van der Waals surface area (Å²) in [6, 6.07) is 7.74. The van der Waals surface area contributed by atoms with Crippen molar-refractivity contribution in [2.75, 3.05) is 5.32 Å². The Morgan fingerprint density at radius 2 is 2.22 bits per heavy atom. The zero-order valence-electron chi connectivity index (χ0n) is 12.5. The second-order valence-electron chi connectivity index (χ2n) is 5.69. The van der Waals surface area contributed by atoms with Crippen molar-refractivity contribution in [1.29, 1.82) is 0 Å². The van der Waals surface area contributed by atoms with Crippen molar-refractivity contribution in [2.24, 2.45) is 0 Å². The number of hydrogen-bond acceptors (Lipinski definition) is 4. The third kappa shape index (κ3) is 2.75. The van der Waals surface area contributed by atoms with E-state index in [0.29, 0.717) is 23.1 Å². The first-order valence-corrected chi connectivity index (χ1v) is 7.64. The summed E-state index contributed by atoms with van der Waals surface area (Å²) >= 11 is 0. The van der Waals surface area contributed by atoms with Crippen LogP contribution in [0.5, 0.6) is 0 Å². The minimum absolute atomic E-state index is 0.167. The minimum atomic E-state index is -0.167. The number of rotatable bonds is 4. The molecular weight excluding hydrogens is 292 g/mol. The molecule has 0 saturated heterocycles. The van der Waals surface area contributed by atoms with Gasteiger partial charge in [0.1, 0.15) is 0 Å². The van der Waals surface area contributed by atoms with Gasteiger partial charge in [-0.05, 0) is 31.4 Å². The molecule has 6 nitrogen and oxygen atoms in total. The number of hydrogen-bond donors (Lipinski definition) is 1. The van der Waals surface area contributed by atoms with E-state index in [1.165, 1.54) is 12.8 Å². The number of anilines is 1. The molecule has 3 aromatic rings. The summed E-state index contributed by atoms with van der Waals surface area (Å²) in [7, 11) is 0. The largest absolute Gasteiger partial charge is 0.444 e. The van der Waals surface area contributed by atoms with Gasteiger partial charge in [0, 0.05) is 17.3 Å². The molecule has 0 atom stereocenters. The molecule has 0 radical (unpaired) electrons. The van der Waals surface area contributed by atoms with Gasteiger partial charge in [0.05, 0.1) is 24.1 Å². The van der Waals surface area contributed by atoms with Gasteiger partial charge in [-0.2, -0.15) is 5.10 Å². The molecule has 1 fully saturated rings. The molecule has 4 rings (SSSR count). The lowest BCUT2D eigenvalue weighted by molar-refractivity contribution is 0.102. The van der Waals surface area contributed by atoms with Crippen molar-refractivity contribution in [3.63, 3.8) is 0 Å². The lowest BCUT2D eigenvalue weighted by Crippen LogP contribution is -2.17. The Hall–Kier alpha value is -2.89. The van der Waals surface area contributed by atoms with E-state index in [9.17, 15) is 4.79 Å². The molecule has 1 saturated carbocycles. The number of aromatic nitrogens is 3. The molecule has 1 aliphatic rings. The van der Waals surface area contributed by atoms with Crippen LogP contribution in [0.4, 0.5) is 5.69 Å². The summed E-state index contributed by atoms with van der Waals surface area (Å²) in [6.07, 6.45) is 10.2. The van der Waals surface area contributed by atoms with Gasteiger partial charge in [0.15, 0.2) is 12.2 Å². The molecule has 1 N–H and O–H groups in total. The standard InChI is InChI=1S/C17H16N4O2/c22-17(20-14-8-19-21(10-14)15-5-2-6-15)13-4-1-3-12(7-13)16-9-18-11-23-16/h1,3-4,7-11,15H,2,5-6H2,(H,20,22).